The van der Waals surface area contributed by atoms with Gasteiger partial charge in [-0.05, 0) is 36.1 Å². The highest BCUT2D eigenvalue weighted by Crippen LogP contribution is 2.57. The molecule has 0 heterocycles. The van der Waals surface area contributed by atoms with Crippen molar-refractivity contribution < 1.29 is 0 Å². The van der Waals surface area contributed by atoms with E-state index >= 15 is 0 Å². The van der Waals surface area contributed by atoms with Gasteiger partial charge < -0.3 is 0 Å². The van der Waals surface area contributed by atoms with Crippen molar-refractivity contribution in [1.29, 1.82) is 0 Å². The van der Waals surface area contributed by atoms with Crippen molar-refractivity contribution in [3.05, 3.63) is 47.2 Å². The van der Waals surface area contributed by atoms with Crippen LogP contribution < -0.4 is 0 Å². The van der Waals surface area contributed by atoms with Crippen LogP contribution in [0.15, 0.2) is 41.6 Å². The summed E-state index contributed by atoms with van der Waals surface area (Å²) >= 11 is 0. The molecule has 0 aromatic heterocycles. The molecule has 2 aliphatic carbocycles. The van der Waals surface area contributed by atoms with E-state index in [4.69, 9.17) is 0 Å². The number of benzene rings is 1. The van der Waals surface area contributed by atoms with Gasteiger partial charge >= 0.3 is 0 Å². The monoisotopic (exact) mass is 298 g/mol. The van der Waals surface area contributed by atoms with E-state index in [2.05, 4.69) is 63.3 Å². The molecule has 0 bridgehead atoms. The van der Waals surface area contributed by atoms with Crippen molar-refractivity contribution in [2.75, 3.05) is 0 Å². The van der Waals surface area contributed by atoms with E-state index in [-0.39, 0.29) is 0 Å². The highest BCUT2D eigenvalue weighted by molar-refractivity contribution is 6.84. The lowest BCUT2D eigenvalue weighted by Gasteiger charge is -2.46. The highest BCUT2D eigenvalue weighted by Gasteiger charge is 2.50. The molecular weight excluding hydrogens is 268 g/mol. The predicted molar refractivity (Wildman–Crippen MR) is 94.9 cm³/mol. The second-order valence-electron chi connectivity index (χ2n) is 8.29. The Balaban J connectivity index is 1.85. The summed E-state index contributed by atoms with van der Waals surface area (Å²) in [5.74, 6) is 1.84. The first kappa shape index (κ1) is 15.1. The van der Waals surface area contributed by atoms with Gasteiger partial charge in [0.1, 0.15) is 0 Å². The molecule has 1 aromatic rings. The zero-order valence-electron chi connectivity index (χ0n) is 14.2. The molecule has 3 atom stereocenters. The van der Waals surface area contributed by atoms with E-state index < -0.39 is 8.07 Å². The molecule has 0 N–H and O–H groups in total. The first-order chi connectivity index (χ1) is 9.93. The Bertz CT molecular complexity index is 528. The van der Waals surface area contributed by atoms with E-state index in [0.717, 1.165) is 11.8 Å². The fourth-order valence-electron chi connectivity index (χ4n) is 5.36. The van der Waals surface area contributed by atoms with Crippen LogP contribution in [0.25, 0.3) is 0 Å². The molecule has 114 valence electrons. The minimum atomic E-state index is -1.36. The highest BCUT2D eigenvalue weighted by atomic mass is 28.3. The van der Waals surface area contributed by atoms with E-state index in [0.29, 0.717) is 5.41 Å². The summed E-state index contributed by atoms with van der Waals surface area (Å²) in [4.78, 5) is 0. The van der Waals surface area contributed by atoms with Gasteiger partial charge in [0.05, 0.1) is 8.07 Å². The number of rotatable bonds is 3. The van der Waals surface area contributed by atoms with E-state index in [9.17, 15) is 0 Å². The van der Waals surface area contributed by atoms with Crippen LogP contribution in [0.1, 0.15) is 45.1 Å². The second-order valence-corrected chi connectivity index (χ2v) is 13.0. The molecule has 0 spiro atoms. The fraction of sp³-hybridized carbons (Fsp3) is 0.600. The Kier molecular flexibility index (Phi) is 3.90. The largest absolute Gasteiger partial charge is 0.0883 e. The van der Waals surface area contributed by atoms with Crippen LogP contribution in [0.4, 0.5) is 0 Å². The molecule has 1 saturated carbocycles. The van der Waals surface area contributed by atoms with E-state index in [1.165, 1.54) is 37.3 Å². The minimum absolute atomic E-state index is 0.516. The van der Waals surface area contributed by atoms with Crippen LogP contribution in [0.3, 0.4) is 0 Å². The molecule has 0 aliphatic heterocycles. The second kappa shape index (κ2) is 5.42. The maximum Gasteiger partial charge on any atom is 0.0800 e. The first-order valence-corrected chi connectivity index (χ1v) is 11.9. The van der Waals surface area contributed by atoms with Gasteiger partial charge in [-0.1, -0.05) is 87.0 Å². The van der Waals surface area contributed by atoms with Gasteiger partial charge in [0, 0.05) is 0 Å². The third kappa shape index (κ3) is 2.65. The van der Waals surface area contributed by atoms with Crippen LogP contribution in [0.2, 0.25) is 13.1 Å². The number of allylic oxidation sites excluding steroid dienone is 2. The molecule has 0 amide bonds. The molecular formula is C20H30Si. The van der Waals surface area contributed by atoms with Crippen LogP contribution in [-0.4, -0.2) is 8.07 Å². The summed E-state index contributed by atoms with van der Waals surface area (Å²) in [6, 6.07) is 12.4. The van der Waals surface area contributed by atoms with Crippen LogP contribution in [-0.2, 0) is 6.04 Å². The first-order valence-electron chi connectivity index (χ1n) is 8.68. The average Bonchev–Trinajstić information content (AvgIpc) is 2.79. The lowest BCUT2D eigenvalue weighted by molar-refractivity contribution is 0.124. The molecule has 1 heteroatoms. The van der Waals surface area contributed by atoms with Gasteiger partial charge in [-0.2, -0.15) is 0 Å². The molecule has 1 unspecified atom stereocenters. The quantitative estimate of drug-likeness (QED) is 0.620. The number of hydrogen-bond acceptors (Lipinski definition) is 0. The SMILES string of the molecule is C[C@@H]1CCCC2(C)C([Si](C)(C)Cc3ccccc3)=CC[C@@H]12. The maximum atomic E-state index is 2.67. The van der Waals surface area contributed by atoms with Crippen molar-refractivity contribution in [3.63, 3.8) is 0 Å². The van der Waals surface area contributed by atoms with E-state index in [1.54, 1.807) is 0 Å². The standard InChI is InChI=1S/C20H30Si/c1-16-9-8-14-20(2)18(16)12-13-19(20)21(3,4)15-17-10-6-5-7-11-17/h5-7,10-11,13,16,18H,8-9,12,14-15H2,1-4H3/t16-,18+,20?/m1/s1. The number of hydrogen-bond donors (Lipinski definition) is 0. The summed E-state index contributed by atoms with van der Waals surface area (Å²) in [5, 5.41) is 1.88. The zero-order valence-corrected chi connectivity index (χ0v) is 15.2. The van der Waals surface area contributed by atoms with Crippen molar-refractivity contribution in [2.24, 2.45) is 17.3 Å². The Hall–Kier alpha value is -0.823. The third-order valence-corrected chi connectivity index (χ3v) is 9.80. The maximum absolute atomic E-state index is 2.67. The molecule has 0 saturated heterocycles. The average molecular weight is 299 g/mol. The molecule has 1 aromatic carbocycles. The molecule has 3 rings (SSSR count). The van der Waals surface area contributed by atoms with Gasteiger partial charge in [0.25, 0.3) is 0 Å². The summed E-state index contributed by atoms with van der Waals surface area (Å²) in [6.45, 7) is 10.3. The summed E-state index contributed by atoms with van der Waals surface area (Å²) < 4.78 is 0. The summed E-state index contributed by atoms with van der Waals surface area (Å²) in [5.41, 5.74) is 2.05. The Morgan fingerprint density at radius 3 is 2.62 bits per heavy atom. The molecule has 2 aliphatic rings. The summed E-state index contributed by atoms with van der Waals surface area (Å²) in [6.07, 6.45) is 8.32. The third-order valence-electron chi connectivity index (χ3n) is 6.27. The normalized spacial score (nSPS) is 32.7. The Morgan fingerprint density at radius 2 is 1.90 bits per heavy atom. The van der Waals surface area contributed by atoms with Crippen LogP contribution in [0.5, 0.6) is 0 Å². The molecule has 21 heavy (non-hydrogen) atoms. The summed E-state index contributed by atoms with van der Waals surface area (Å²) in [7, 11) is -1.36. The van der Waals surface area contributed by atoms with Crippen molar-refractivity contribution in [2.45, 2.75) is 58.7 Å². The lowest BCUT2D eigenvalue weighted by Crippen LogP contribution is -2.44. The molecule has 0 radical (unpaired) electrons. The Morgan fingerprint density at radius 1 is 1.19 bits per heavy atom. The van der Waals surface area contributed by atoms with Gasteiger partial charge in [0.2, 0.25) is 0 Å². The van der Waals surface area contributed by atoms with Gasteiger partial charge in [0.15, 0.2) is 0 Å². The topological polar surface area (TPSA) is 0 Å². The van der Waals surface area contributed by atoms with Gasteiger partial charge in [-0.25, -0.2) is 0 Å². The molecule has 0 nitrogen and oxygen atoms in total. The van der Waals surface area contributed by atoms with Crippen molar-refractivity contribution in [1.82, 2.24) is 0 Å². The van der Waals surface area contributed by atoms with Gasteiger partial charge in [-0.15, -0.1) is 0 Å². The smallest absolute Gasteiger partial charge is 0.0800 e. The zero-order chi connectivity index (χ0) is 15.1. The predicted octanol–water partition coefficient (Wildman–Crippen LogP) is 5.79. The van der Waals surface area contributed by atoms with Gasteiger partial charge in [-0.3, -0.25) is 0 Å². The van der Waals surface area contributed by atoms with Crippen LogP contribution >= 0.6 is 0 Å². The minimum Gasteiger partial charge on any atom is -0.0883 e. The Labute approximate surface area is 131 Å². The van der Waals surface area contributed by atoms with E-state index in [1.807, 2.05) is 5.20 Å². The molecule has 1 fully saturated rings. The van der Waals surface area contributed by atoms with Crippen molar-refractivity contribution >= 4 is 8.07 Å². The lowest BCUT2D eigenvalue weighted by atomic mass is 9.65. The van der Waals surface area contributed by atoms with Crippen molar-refractivity contribution in [3.8, 4) is 0 Å². The fourth-order valence-corrected chi connectivity index (χ4v) is 9.33. The van der Waals surface area contributed by atoms with Crippen LogP contribution in [0, 0.1) is 17.3 Å². The number of fused-ring (bicyclic) bond motifs is 1.